The molecule has 3 aromatic rings. The average molecular weight is 454 g/mol. The molecule has 0 saturated carbocycles. The van der Waals surface area contributed by atoms with Crippen molar-refractivity contribution in [3.63, 3.8) is 0 Å². The van der Waals surface area contributed by atoms with Crippen molar-refractivity contribution in [2.75, 3.05) is 32.5 Å². The predicted octanol–water partition coefficient (Wildman–Crippen LogP) is 2.02. The lowest BCUT2D eigenvalue weighted by Crippen LogP contribution is -2.50. The molecule has 3 fully saturated rings. The van der Waals surface area contributed by atoms with Gasteiger partial charge in [-0.1, -0.05) is 11.6 Å². The Morgan fingerprint density at radius 1 is 1.23 bits per heavy atom. The summed E-state index contributed by atoms with van der Waals surface area (Å²) in [6, 6.07) is 1.76. The van der Waals surface area contributed by atoms with Crippen LogP contribution in [0.25, 0.3) is 11.2 Å². The second-order valence-corrected chi connectivity index (χ2v) is 8.62. The van der Waals surface area contributed by atoms with Crippen LogP contribution in [0, 0.1) is 5.92 Å². The molecule has 30 heavy (non-hydrogen) atoms. The van der Waals surface area contributed by atoms with Gasteiger partial charge >= 0.3 is 11.3 Å². The van der Waals surface area contributed by atoms with Gasteiger partial charge in [-0.25, -0.2) is 9.59 Å². The second kappa shape index (κ2) is 8.37. The molecule has 11 heteroatoms. The van der Waals surface area contributed by atoms with Gasteiger partial charge in [-0.3, -0.25) is 9.52 Å². The van der Waals surface area contributed by atoms with Gasteiger partial charge in [-0.05, 0) is 43.8 Å². The summed E-state index contributed by atoms with van der Waals surface area (Å²) >= 11 is 7.58. The molecular weight excluding hydrogens is 434 g/mol. The Balaban J connectivity index is 1.79. The normalized spacial score (nSPS) is 22.7. The summed E-state index contributed by atoms with van der Waals surface area (Å²) in [4.78, 5) is 39.5. The molecule has 3 N–H and O–H groups in total. The number of halogens is 1. The number of amides is 1. The Morgan fingerprint density at radius 2 is 1.87 bits per heavy atom. The van der Waals surface area contributed by atoms with Gasteiger partial charge in [-0.15, -0.1) is 0 Å². The van der Waals surface area contributed by atoms with E-state index in [1.54, 1.807) is 0 Å². The van der Waals surface area contributed by atoms with Gasteiger partial charge in [0.05, 0.1) is 7.11 Å². The van der Waals surface area contributed by atoms with E-state index in [9.17, 15) is 14.4 Å². The number of methoxy groups -OCH3 is 1. The number of hydrogen-bond acceptors (Lipinski definition) is 9. The number of rotatable bonds is 4. The summed E-state index contributed by atoms with van der Waals surface area (Å²) in [6.45, 7) is 3.06. The Morgan fingerprint density at radius 3 is 2.43 bits per heavy atom. The van der Waals surface area contributed by atoms with Crippen LogP contribution in [-0.4, -0.2) is 42.8 Å². The van der Waals surface area contributed by atoms with Crippen molar-refractivity contribution in [3.05, 3.63) is 43.6 Å². The van der Waals surface area contributed by atoms with Gasteiger partial charge in [0.2, 0.25) is 0 Å². The molecule has 2 aromatic heterocycles. The molecule has 0 aliphatic carbocycles. The fraction of sp³-hybridized carbons (Fsp3) is 0.421. The first-order valence-electron chi connectivity index (χ1n) is 9.38. The van der Waals surface area contributed by atoms with Crippen LogP contribution in [0.2, 0.25) is 5.02 Å². The van der Waals surface area contributed by atoms with Gasteiger partial charge in [-0.2, -0.15) is 0 Å². The Kier molecular flexibility index (Phi) is 5.81. The van der Waals surface area contributed by atoms with Crippen LogP contribution in [-0.2, 0) is 0 Å². The van der Waals surface area contributed by atoms with E-state index in [-0.39, 0.29) is 38.4 Å². The molecule has 0 radical (unpaired) electrons. The maximum absolute atomic E-state index is 13.1. The number of piperidine rings is 3. The largest absolute Gasteiger partial charge is 0.492 e. The highest BCUT2D eigenvalue weighted by atomic mass is 35.5. The number of anilines is 1. The number of hydrogen-bond donors (Lipinski definition) is 2. The van der Waals surface area contributed by atoms with Crippen LogP contribution in [0.5, 0.6) is 5.75 Å². The molecule has 1 unspecified atom stereocenters. The van der Waals surface area contributed by atoms with E-state index in [1.807, 2.05) is 0 Å². The van der Waals surface area contributed by atoms with Gasteiger partial charge in [0.15, 0.2) is 16.9 Å². The average Bonchev–Trinajstić information content (AvgIpc) is 2.76. The lowest BCUT2D eigenvalue weighted by molar-refractivity contribution is 0.0977. The van der Waals surface area contributed by atoms with E-state index in [2.05, 4.69) is 9.62 Å². The third kappa shape index (κ3) is 3.82. The number of nitrogen functional groups attached to an aromatic ring is 1. The minimum Gasteiger partial charge on any atom is -0.492 e. The second-order valence-electron chi connectivity index (χ2n) is 7.20. The molecule has 0 spiro atoms. The number of carbonyl (C=O) groups is 1. The number of nitrogens with zero attached hydrogens (tertiary/aromatic N) is 1. The zero-order valence-electron chi connectivity index (χ0n) is 16.1. The minimum atomic E-state index is -0.913. The smallest absolute Gasteiger partial charge is 0.336 e. The number of carbonyl (C=O) groups excluding carboxylic acids is 1. The van der Waals surface area contributed by atoms with Crippen molar-refractivity contribution in [1.82, 2.24) is 9.62 Å². The van der Waals surface area contributed by atoms with Crippen molar-refractivity contribution >= 4 is 46.3 Å². The van der Waals surface area contributed by atoms with Crippen molar-refractivity contribution in [2.45, 2.75) is 18.1 Å². The molecule has 3 aliphatic heterocycles. The maximum Gasteiger partial charge on any atom is 0.336 e. The van der Waals surface area contributed by atoms with E-state index in [0.717, 1.165) is 44.6 Å². The molecule has 1 atom stereocenters. The molecule has 5 heterocycles. The van der Waals surface area contributed by atoms with Gasteiger partial charge in [0.1, 0.15) is 16.3 Å². The van der Waals surface area contributed by atoms with Crippen molar-refractivity contribution in [3.8, 4) is 5.75 Å². The standard InChI is InChI=1S/C19H20ClN3O6S/c1-27-17-13(19(26)22-30-10-8-23-6-4-9(10)5-7-23)16-14(20)15(21)18(17)29-12(25)3-2-11(24)28-16/h2-3,9-10H,4-8,21H2,1H3,(H,22,26). The van der Waals surface area contributed by atoms with Gasteiger partial charge in [0, 0.05) is 23.9 Å². The number of fused-ring (bicyclic) bond motifs is 10. The monoisotopic (exact) mass is 453 g/mol. The van der Waals surface area contributed by atoms with Crippen LogP contribution in [0.1, 0.15) is 23.2 Å². The quantitative estimate of drug-likeness (QED) is 0.527. The number of ether oxygens (including phenoxy) is 1. The maximum atomic E-state index is 13.1. The zero-order chi connectivity index (χ0) is 21.4. The van der Waals surface area contributed by atoms with E-state index in [0.29, 0.717) is 5.92 Å². The van der Waals surface area contributed by atoms with Crippen molar-refractivity contribution in [1.29, 1.82) is 0 Å². The molecule has 9 nitrogen and oxygen atoms in total. The summed E-state index contributed by atoms with van der Waals surface area (Å²) in [5.74, 6) is -0.211. The Labute approximate surface area is 180 Å². The van der Waals surface area contributed by atoms with Crippen LogP contribution >= 0.6 is 23.5 Å². The van der Waals surface area contributed by atoms with Crippen LogP contribution in [0.4, 0.5) is 5.69 Å². The SMILES string of the molecule is COc1c(C(=O)NSC2CN3CCC2CC3)c2oc(=O)ccc(=O)oc1c(N)c2Cl. The molecule has 3 saturated heterocycles. The fourth-order valence-electron chi connectivity index (χ4n) is 3.90. The summed E-state index contributed by atoms with van der Waals surface area (Å²) in [7, 11) is 1.28. The first-order valence-corrected chi connectivity index (χ1v) is 10.6. The third-order valence-electron chi connectivity index (χ3n) is 5.43. The molecule has 4 bridgehead atoms. The number of nitrogens with one attached hydrogen (secondary N) is 1. The van der Waals surface area contributed by atoms with Crippen molar-refractivity contribution < 1.29 is 18.4 Å². The topological polar surface area (TPSA) is 128 Å². The molecule has 1 amide bonds. The summed E-state index contributed by atoms with van der Waals surface area (Å²) in [6.07, 6.45) is 2.19. The molecule has 1 aromatic carbocycles. The first-order chi connectivity index (χ1) is 14.4. The predicted molar refractivity (Wildman–Crippen MR) is 114 cm³/mol. The van der Waals surface area contributed by atoms with E-state index < -0.39 is 17.2 Å². The summed E-state index contributed by atoms with van der Waals surface area (Å²) < 4.78 is 18.5. The van der Waals surface area contributed by atoms with Crippen molar-refractivity contribution in [2.24, 2.45) is 5.92 Å². The zero-order valence-corrected chi connectivity index (χ0v) is 17.7. The molecule has 3 aliphatic rings. The number of nitrogens with two attached hydrogens (primary N) is 1. The first kappa shape index (κ1) is 20.8. The molecule has 160 valence electrons. The van der Waals surface area contributed by atoms with E-state index in [4.69, 9.17) is 30.9 Å². The molecular formula is C19H20ClN3O6S. The Hall–Kier alpha value is -2.43. The minimum absolute atomic E-state index is 0.143. The lowest BCUT2D eigenvalue weighted by Gasteiger charge is -2.44. The van der Waals surface area contributed by atoms with Crippen LogP contribution in [0.15, 0.2) is 30.6 Å². The highest BCUT2D eigenvalue weighted by molar-refractivity contribution is 7.98. The lowest BCUT2D eigenvalue weighted by atomic mass is 9.88. The molecule has 6 rings (SSSR count). The summed E-state index contributed by atoms with van der Waals surface area (Å²) in [5.41, 5.74) is 3.34. The van der Waals surface area contributed by atoms with Crippen LogP contribution < -0.4 is 26.4 Å². The van der Waals surface area contributed by atoms with Gasteiger partial charge in [0.25, 0.3) is 5.91 Å². The van der Waals surface area contributed by atoms with E-state index >= 15 is 0 Å². The van der Waals surface area contributed by atoms with E-state index in [1.165, 1.54) is 19.1 Å². The fourth-order valence-corrected chi connectivity index (χ4v) is 5.23. The highest BCUT2D eigenvalue weighted by Gasteiger charge is 2.35. The Bertz CT molecular complexity index is 1140. The highest BCUT2D eigenvalue weighted by Crippen LogP contribution is 2.40. The third-order valence-corrected chi connectivity index (χ3v) is 6.95. The summed E-state index contributed by atoms with van der Waals surface area (Å²) in [5, 5.41) is 0.0250. The number of benzene rings is 1. The van der Waals surface area contributed by atoms with Gasteiger partial charge < -0.3 is 24.2 Å². The van der Waals surface area contributed by atoms with Crippen LogP contribution in [0.3, 0.4) is 0 Å².